The molecule has 0 saturated heterocycles. The number of hydrogen-bond acceptors (Lipinski definition) is 2. The third-order valence-electron chi connectivity index (χ3n) is 0.655. The maximum Gasteiger partial charge on any atom is 0.275 e. The van der Waals surface area contributed by atoms with Gasteiger partial charge in [-0.2, -0.15) is 13.1 Å². The van der Waals surface area contributed by atoms with Gasteiger partial charge in [0.25, 0.3) is 10.0 Å². The SMILES string of the molecule is O=S1(=O)C=CC=C[N]1. The second-order valence-electron chi connectivity index (χ2n) is 1.29. The van der Waals surface area contributed by atoms with Crippen molar-refractivity contribution in [1.82, 2.24) is 4.72 Å². The molecular weight excluding hydrogens is 126 g/mol. The zero-order chi connectivity index (χ0) is 6.04. The number of hydrogen-bond donors (Lipinski definition) is 0. The highest BCUT2D eigenvalue weighted by Crippen LogP contribution is 1.94. The van der Waals surface area contributed by atoms with Crippen molar-refractivity contribution in [1.29, 1.82) is 0 Å². The molecule has 0 spiro atoms. The Kier molecular flexibility index (Phi) is 1.09. The van der Waals surface area contributed by atoms with Gasteiger partial charge in [0.05, 0.1) is 5.41 Å². The fourth-order valence-electron chi connectivity index (χ4n) is 0.349. The fourth-order valence-corrected chi connectivity index (χ4v) is 0.949. The summed E-state index contributed by atoms with van der Waals surface area (Å²) in [6, 6.07) is 0. The molecule has 1 heterocycles. The first-order valence-corrected chi connectivity index (χ1v) is 3.51. The second kappa shape index (κ2) is 1.63. The van der Waals surface area contributed by atoms with E-state index in [1.807, 2.05) is 0 Å². The molecule has 0 atom stereocenters. The van der Waals surface area contributed by atoms with Crippen molar-refractivity contribution >= 4 is 10.0 Å². The molecule has 1 rings (SSSR count). The molecule has 0 aliphatic carbocycles. The van der Waals surface area contributed by atoms with Gasteiger partial charge in [-0.3, -0.25) is 0 Å². The highest BCUT2D eigenvalue weighted by Gasteiger charge is 2.03. The molecule has 0 fully saturated rings. The van der Waals surface area contributed by atoms with Gasteiger partial charge in [-0.15, -0.1) is 0 Å². The number of nitrogens with zero attached hydrogens (tertiary/aromatic N) is 1. The number of rotatable bonds is 0. The van der Waals surface area contributed by atoms with Crippen molar-refractivity contribution in [2.45, 2.75) is 0 Å². The first-order chi connectivity index (χ1) is 3.71. The molecule has 0 amide bonds. The van der Waals surface area contributed by atoms with Crippen molar-refractivity contribution in [3.05, 3.63) is 23.8 Å². The molecule has 0 N–H and O–H groups in total. The zero-order valence-electron chi connectivity index (χ0n) is 3.98. The third-order valence-corrected chi connectivity index (χ3v) is 1.57. The Morgan fingerprint density at radius 3 is 2.25 bits per heavy atom. The van der Waals surface area contributed by atoms with E-state index in [2.05, 4.69) is 4.72 Å². The third kappa shape index (κ3) is 1.10. The van der Waals surface area contributed by atoms with Crippen molar-refractivity contribution < 1.29 is 8.42 Å². The van der Waals surface area contributed by atoms with Gasteiger partial charge in [0.15, 0.2) is 0 Å². The predicted octanol–water partition coefficient (Wildman–Crippen LogP) is -0.0384. The molecule has 0 bridgehead atoms. The second-order valence-corrected chi connectivity index (χ2v) is 2.80. The first kappa shape index (κ1) is 5.37. The van der Waals surface area contributed by atoms with Crippen LogP contribution in [0, 0.1) is 0 Å². The average Bonchev–Trinajstić information content (AvgIpc) is 1.65. The Labute approximate surface area is 47.8 Å². The lowest BCUT2D eigenvalue weighted by Crippen LogP contribution is -2.08. The lowest BCUT2D eigenvalue weighted by Gasteiger charge is -1.94. The summed E-state index contributed by atoms with van der Waals surface area (Å²) < 4.78 is 23.9. The minimum atomic E-state index is -3.23. The van der Waals surface area contributed by atoms with Gasteiger partial charge in [0.1, 0.15) is 0 Å². The fraction of sp³-hybridized carbons (Fsp3) is 0. The summed E-state index contributed by atoms with van der Waals surface area (Å²) in [5.74, 6) is 0. The summed E-state index contributed by atoms with van der Waals surface area (Å²) in [4.78, 5) is 0. The van der Waals surface area contributed by atoms with Crippen molar-refractivity contribution in [3.63, 3.8) is 0 Å². The van der Waals surface area contributed by atoms with Crippen LogP contribution in [0.15, 0.2) is 23.8 Å². The number of allylic oxidation sites excluding steroid dienone is 2. The highest BCUT2D eigenvalue weighted by molar-refractivity contribution is 7.92. The molecule has 1 aliphatic heterocycles. The molecule has 3 nitrogen and oxygen atoms in total. The molecule has 1 radical (unpaired) electrons. The molecule has 43 valence electrons. The van der Waals surface area contributed by atoms with E-state index in [0.29, 0.717) is 0 Å². The molecule has 0 aromatic rings. The van der Waals surface area contributed by atoms with Gasteiger partial charge in [0, 0.05) is 6.20 Å². The van der Waals surface area contributed by atoms with Crippen LogP contribution in [0.4, 0.5) is 0 Å². The summed E-state index contributed by atoms with van der Waals surface area (Å²) in [5, 5.41) is 1.05. The van der Waals surface area contributed by atoms with Gasteiger partial charge in [0.2, 0.25) is 0 Å². The maximum absolute atomic E-state index is 10.3. The topological polar surface area (TPSA) is 48.2 Å². The average molecular weight is 130 g/mol. The Hall–Kier alpha value is -0.770. The molecule has 1 aliphatic rings. The maximum atomic E-state index is 10.3. The smallest absolute Gasteiger partial charge is 0.200 e. The molecule has 0 saturated carbocycles. The van der Waals surface area contributed by atoms with E-state index in [4.69, 9.17) is 0 Å². The van der Waals surface area contributed by atoms with Crippen molar-refractivity contribution in [3.8, 4) is 0 Å². The van der Waals surface area contributed by atoms with Crippen LogP contribution >= 0.6 is 0 Å². The van der Waals surface area contributed by atoms with Gasteiger partial charge in [-0.25, -0.2) is 0 Å². The standard InChI is InChI=1S/C4H4NO2S/c6-8(7)4-2-1-3-5-8/h1-4H. The van der Waals surface area contributed by atoms with Crippen LogP contribution in [-0.4, -0.2) is 8.42 Å². The summed E-state index contributed by atoms with van der Waals surface area (Å²) in [5.41, 5.74) is 0. The lowest BCUT2D eigenvalue weighted by atomic mass is 10.6. The predicted molar refractivity (Wildman–Crippen MR) is 29.3 cm³/mol. The first-order valence-electron chi connectivity index (χ1n) is 2.01. The van der Waals surface area contributed by atoms with E-state index >= 15 is 0 Å². The van der Waals surface area contributed by atoms with Crippen LogP contribution in [0.3, 0.4) is 0 Å². The van der Waals surface area contributed by atoms with Gasteiger partial charge in [-0.1, -0.05) is 0 Å². The van der Waals surface area contributed by atoms with Crippen molar-refractivity contribution in [2.24, 2.45) is 0 Å². The molecule has 0 unspecified atom stereocenters. The lowest BCUT2D eigenvalue weighted by molar-refractivity contribution is 0.598. The van der Waals surface area contributed by atoms with Gasteiger partial charge >= 0.3 is 0 Å². The van der Waals surface area contributed by atoms with E-state index < -0.39 is 10.0 Å². The van der Waals surface area contributed by atoms with E-state index in [0.717, 1.165) is 5.41 Å². The van der Waals surface area contributed by atoms with E-state index in [1.54, 1.807) is 6.08 Å². The monoisotopic (exact) mass is 130 g/mol. The van der Waals surface area contributed by atoms with Crippen LogP contribution in [-0.2, 0) is 10.0 Å². The summed E-state index contributed by atoms with van der Waals surface area (Å²) in [6.45, 7) is 0. The summed E-state index contributed by atoms with van der Waals surface area (Å²) in [7, 11) is -3.23. The summed E-state index contributed by atoms with van der Waals surface area (Å²) >= 11 is 0. The van der Waals surface area contributed by atoms with Crippen LogP contribution < -0.4 is 4.72 Å². The van der Waals surface area contributed by atoms with Crippen molar-refractivity contribution in [2.75, 3.05) is 0 Å². The van der Waals surface area contributed by atoms with Gasteiger partial charge in [-0.05, 0) is 12.2 Å². The Morgan fingerprint density at radius 2 is 2.00 bits per heavy atom. The normalized spacial score (nSPS) is 22.5. The largest absolute Gasteiger partial charge is 0.275 e. The van der Waals surface area contributed by atoms with E-state index in [9.17, 15) is 8.42 Å². The van der Waals surface area contributed by atoms with Crippen LogP contribution in [0.25, 0.3) is 0 Å². The van der Waals surface area contributed by atoms with Gasteiger partial charge < -0.3 is 0 Å². The molecular formula is C4H4NO2S. The quantitative estimate of drug-likeness (QED) is 0.462. The summed E-state index contributed by atoms with van der Waals surface area (Å²) in [6.07, 6.45) is 4.23. The van der Waals surface area contributed by atoms with E-state index in [-0.39, 0.29) is 0 Å². The Bertz CT molecular complexity index is 224. The van der Waals surface area contributed by atoms with Crippen LogP contribution in [0.5, 0.6) is 0 Å². The highest BCUT2D eigenvalue weighted by atomic mass is 32.2. The molecule has 8 heavy (non-hydrogen) atoms. The molecule has 0 aromatic carbocycles. The zero-order valence-corrected chi connectivity index (χ0v) is 4.80. The number of sulfonamides is 1. The Morgan fingerprint density at radius 1 is 1.25 bits per heavy atom. The molecule has 4 heteroatoms. The Balaban J connectivity index is 2.98. The van der Waals surface area contributed by atoms with E-state index in [1.165, 1.54) is 12.3 Å². The minimum Gasteiger partial charge on any atom is -0.200 e. The minimum absolute atomic E-state index is 1.05. The van der Waals surface area contributed by atoms with Crippen LogP contribution in [0.1, 0.15) is 0 Å². The van der Waals surface area contributed by atoms with Crippen LogP contribution in [0.2, 0.25) is 0 Å². The molecule has 0 aromatic heterocycles.